The van der Waals surface area contributed by atoms with Crippen LogP contribution in [0.4, 0.5) is 18.9 Å². The highest BCUT2D eigenvalue weighted by molar-refractivity contribution is 6.25. The first-order chi connectivity index (χ1) is 19.2. The number of anilines is 1. The van der Waals surface area contributed by atoms with Crippen LogP contribution in [0.2, 0.25) is 0 Å². The lowest BCUT2D eigenvalue weighted by atomic mass is 10.0. The summed E-state index contributed by atoms with van der Waals surface area (Å²) in [6, 6.07) is 10.3. The maximum absolute atomic E-state index is 13.1. The average molecular weight is 578 g/mol. The van der Waals surface area contributed by atoms with Gasteiger partial charge in [0, 0.05) is 12.1 Å². The molecule has 1 saturated heterocycles. The normalized spacial score (nSPS) is 17.0. The summed E-state index contributed by atoms with van der Waals surface area (Å²) in [7, 11) is 0. The van der Waals surface area contributed by atoms with Gasteiger partial charge in [-0.05, 0) is 24.1 Å². The van der Waals surface area contributed by atoms with E-state index in [9.17, 15) is 47.0 Å². The van der Waals surface area contributed by atoms with E-state index in [0.29, 0.717) is 5.56 Å². The zero-order chi connectivity index (χ0) is 30.5. The smallest absolute Gasteiger partial charge is 0.479 e. The third-order valence-electron chi connectivity index (χ3n) is 5.84. The molecule has 0 bridgehead atoms. The molecule has 13 nitrogen and oxygen atoms in total. The van der Waals surface area contributed by atoms with E-state index in [4.69, 9.17) is 9.90 Å². The third kappa shape index (κ3) is 7.03. The van der Waals surface area contributed by atoms with Crippen LogP contribution in [0.1, 0.15) is 45.2 Å². The molecule has 0 aliphatic carbocycles. The summed E-state index contributed by atoms with van der Waals surface area (Å²) in [5.74, 6) is -7.22. The molecule has 16 heteroatoms. The molecule has 41 heavy (non-hydrogen) atoms. The van der Waals surface area contributed by atoms with Crippen LogP contribution in [-0.2, 0) is 24.0 Å². The fourth-order valence-electron chi connectivity index (χ4n) is 3.98. The zero-order valence-electron chi connectivity index (χ0n) is 20.7. The van der Waals surface area contributed by atoms with Crippen molar-refractivity contribution in [2.75, 3.05) is 11.9 Å². The molecule has 5 N–H and O–H groups in total. The number of fused-ring (bicyclic) bond motifs is 1. The first kappa shape index (κ1) is 30.3. The summed E-state index contributed by atoms with van der Waals surface area (Å²) < 4.78 is 31.7. The van der Waals surface area contributed by atoms with Gasteiger partial charge < -0.3 is 20.8 Å². The van der Waals surface area contributed by atoms with Crippen molar-refractivity contribution >= 4 is 47.2 Å². The van der Waals surface area contributed by atoms with Crippen LogP contribution < -0.4 is 16.0 Å². The van der Waals surface area contributed by atoms with Crippen LogP contribution in [0.3, 0.4) is 0 Å². The van der Waals surface area contributed by atoms with Crippen molar-refractivity contribution in [3.05, 3.63) is 65.2 Å². The Bertz CT molecular complexity index is 1410. The average Bonchev–Trinajstić information content (AvgIpc) is 3.16. The lowest BCUT2D eigenvalue weighted by Gasteiger charge is -2.27. The molecule has 1 unspecified atom stereocenters. The number of carboxylic acid groups (broad SMARTS) is 2. The monoisotopic (exact) mass is 578 g/mol. The highest BCUT2D eigenvalue weighted by atomic mass is 19.4. The molecule has 2 atom stereocenters. The van der Waals surface area contributed by atoms with Gasteiger partial charge in [0.25, 0.3) is 11.8 Å². The van der Waals surface area contributed by atoms with Gasteiger partial charge in [-0.1, -0.05) is 36.4 Å². The van der Waals surface area contributed by atoms with Crippen LogP contribution in [0.15, 0.2) is 48.5 Å². The summed E-state index contributed by atoms with van der Waals surface area (Å²) in [5, 5.41) is 23.9. The fourth-order valence-corrected chi connectivity index (χ4v) is 3.98. The van der Waals surface area contributed by atoms with Crippen molar-refractivity contribution in [2.24, 2.45) is 0 Å². The molecular weight excluding hydrogens is 557 g/mol. The second-order valence-corrected chi connectivity index (χ2v) is 8.58. The van der Waals surface area contributed by atoms with Crippen molar-refractivity contribution in [1.29, 1.82) is 0 Å². The number of imide groups is 2. The largest absolute Gasteiger partial charge is 0.490 e. The lowest BCUT2D eigenvalue weighted by Crippen LogP contribution is -2.54. The number of hydrogen-bond donors (Lipinski definition) is 5. The highest BCUT2D eigenvalue weighted by Crippen LogP contribution is 2.32. The van der Waals surface area contributed by atoms with Crippen LogP contribution in [0.5, 0.6) is 0 Å². The number of piperidine rings is 1. The molecule has 2 aromatic carbocycles. The van der Waals surface area contributed by atoms with Gasteiger partial charge in [-0.15, -0.1) is 0 Å². The van der Waals surface area contributed by atoms with Crippen LogP contribution in [0.25, 0.3) is 0 Å². The number of nitrogens with zero attached hydrogens (tertiary/aromatic N) is 1. The number of carbonyl (C=O) groups excluding carboxylic acids is 5. The van der Waals surface area contributed by atoms with Gasteiger partial charge in [0.2, 0.25) is 17.7 Å². The number of nitrogens with one attached hydrogen (secondary N) is 3. The molecule has 4 rings (SSSR count). The molecule has 0 saturated carbocycles. The molecule has 216 valence electrons. The first-order valence-corrected chi connectivity index (χ1v) is 11.7. The van der Waals surface area contributed by atoms with E-state index >= 15 is 0 Å². The SMILES string of the molecule is O=C(O)C(F)(F)F.O=C1CCC(N2C(=O)c3cccc(NCC(=O)N[C@H](C(=O)O)c4ccccc4)c3C2=O)C(=O)N1. The number of benzene rings is 2. The predicted octanol–water partition coefficient (Wildman–Crippen LogP) is 1.08. The minimum Gasteiger partial charge on any atom is -0.479 e. The van der Waals surface area contributed by atoms with E-state index in [-0.39, 0.29) is 36.2 Å². The molecule has 0 spiro atoms. The quantitative estimate of drug-likeness (QED) is 0.296. The lowest BCUT2D eigenvalue weighted by molar-refractivity contribution is -0.192. The van der Waals surface area contributed by atoms with Gasteiger partial charge in [-0.3, -0.25) is 34.2 Å². The second kappa shape index (κ2) is 12.3. The number of rotatable bonds is 7. The van der Waals surface area contributed by atoms with E-state index in [1.165, 1.54) is 18.2 Å². The summed E-state index contributed by atoms with van der Waals surface area (Å²) in [6.07, 6.45) is -5.06. The second-order valence-electron chi connectivity index (χ2n) is 8.58. The number of aliphatic carboxylic acids is 2. The Hall–Kier alpha value is -5.28. The van der Waals surface area contributed by atoms with Crippen molar-refractivity contribution < 1.29 is 56.9 Å². The molecule has 2 heterocycles. The summed E-state index contributed by atoms with van der Waals surface area (Å²) in [5.41, 5.74) is 0.646. The number of amides is 5. The maximum Gasteiger partial charge on any atom is 0.490 e. The first-order valence-electron chi connectivity index (χ1n) is 11.7. The highest BCUT2D eigenvalue weighted by Gasteiger charge is 2.45. The molecular formula is C25H21F3N4O9. The van der Waals surface area contributed by atoms with Gasteiger partial charge in [-0.2, -0.15) is 13.2 Å². The molecule has 1 fully saturated rings. The Labute approximate surface area is 228 Å². The number of hydrogen-bond acceptors (Lipinski definition) is 8. The topological polar surface area (TPSA) is 199 Å². The molecule has 5 amide bonds. The van der Waals surface area contributed by atoms with Gasteiger partial charge >= 0.3 is 18.1 Å². The third-order valence-corrected chi connectivity index (χ3v) is 5.84. The van der Waals surface area contributed by atoms with Gasteiger partial charge in [0.15, 0.2) is 6.04 Å². The van der Waals surface area contributed by atoms with E-state index in [2.05, 4.69) is 16.0 Å². The molecule has 2 aromatic rings. The standard InChI is InChI=1S/C23H20N4O7.C2HF3O2/c28-16-10-9-15(20(30)26-16)27-21(31)13-7-4-8-14(18(13)22(27)32)24-11-17(29)25-19(23(33)34)12-5-2-1-3-6-12;3-2(4,5)1(6)7/h1-8,15,19,24H,9-11H2,(H,25,29)(H,33,34)(H,26,28,30);(H,6,7)/t15?,19-;/m0./s1. The molecule has 0 radical (unpaired) electrons. The summed E-state index contributed by atoms with van der Waals surface area (Å²) >= 11 is 0. The van der Waals surface area contributed by atoms with Crippen molar-refractivity contribution in [3.8, 4) is 0 Å². The zero-order valence-corrected chi connectivity index (χ0v) is 20.7. The molecule has 2 aliphatic heterocycles. The van der Waals surface area contributed by atoms with E-state index in [1.807, 2.05) is 0 Å². The fraction of sp³-hybridized carbons (Fsp3) is 0.240. The Balaban J connectivity index is 0.000000587. The van der Waals surface area contributed by atoms with Crippen LogP contribution in [-0.4, -0.2) is 75.4 Å². The Morgan fingerprint density at radius 3 is 2.17 bits per heavy atom. The number of halogens is 3. The van der Waals surface area contributed by atoms with Gasteiger partial charge in [0.05, 0.1) is 17.7 Å². The Morgan fingerprint density at radius 1 is 0.976 bits per heavy atom. The van der Waals surface area contributed by atoms with E-state index < -0.39 is 59.7 Å². The minimum absolute atomic E-state index is 0.00124. The van der Waals surface area contributed by atoms with Gasteiger partial charge in [-0.25, -0.2) is 9.59 Å². The van der Waals surface area contributed by atoms with E-state index in [0.717, 1.165) is 4.90 Å². The minimum atomic E-state index is -5.08. The summed E-state index contributed by atoms with van der Waals surface area (Å²) in [6.45, 7) is -0.368. The van der Waals surface area contributed by atoms with Crippen LogP contribution in [0, 0.1) is 0 Å². The predicted molar refractivity (Wildman–Crippen MR) is 130 cm³/mol. The van der Waals surface area contributed by atoms with Crippen LogP contribution >= 0.6 is 0 Å². The van der Waals surface area contributed by atoms with Gasteiger partial charge in [0.1, 0.15) is 6.04 Å². The number of carboxylic acids is 2. The van der Waals surface area contributed by atoms with Crippen molar-refractivity contribution in [1.82, 2.24) is 15.5 Å². The Kier molecular flexibility index (Phi) is 9.06. The Morgan fingerprint density at radius 2 is 1.61 bits per heavy atom. The van der Waals surface area contributed by atoms with Crippen molar-refractivity contribution in [2.45, 2.75) is 31.1 Å². The number of carbonyl (C=O) groups is 7. The van der Waals surface area contributed by atoms with E-state index in [1.54, 1.807) is 30.3 Å². The van der Waals surface area contributed by atoms with Crippen molar-refractivity contribution in [3.63, 3.8) is 0 Å². The molecule has 2 aliphatic rings. The number of alkyl halides is 3. The molecule has 0 aromatic heterocycles. The summed E-state index contributed by atoms with van der Waals surface area (Å²) in [4.78, 5) is 83.4. The maximum atomic E-state index is 13.1.